The topological polar surface area (TPSA) is 80.9 Å². The molecule has 0 aromatic carbocycles. The number of amides is 1. The van der Waals surface area contributed by atoms with Crippen molar-refractivity contribution in [2.75, 3.05) is 6.54 Å². The lowest BCUT2D eigenvalue weighted by Gasteiger charge is -2.09. The minimum absolute atomic E-state index is 0.0987. The number of carbonyl (C=O) groups excluding carboxylic acids is 1. The van der Waals surface area contributed by atoms with Crippen LogP contribution in [-0.2, 0) is 4.84 Å². The number of carbonyl (C=O) groups is 1. The molecule has 7 heteroatoms. The molecule has 3 heterocycles. The summed E-state index contributed by atoms with van der Waals surface area (Å²) in [5, 5.41) is 11.1. The molecule has 116 valence electrons. The van der Waals surface area contributed by atoms with E-state index in [9.17, 15) is 4.79 Å². The first kappa shape index (κ1) is 14.5. The smallest absolute Gasteiger partial charge is 0.256 e. The highest BCUT2D eigenvalue weighted by Gasteiger charge is 2.24. The molecule has 0 spiro atoms. The van der Waals surface area contributed by atoms with Gasteiger partial charge in [-0.25, -0.2) is 9.50 Å². The number of aromatic nitrogens is 3. The predicted octanol–water partition coefficient (Wildman–Crippen LogP) is 1.57. The predicted molar refractivity (Wildman–Crippen MR) is 81.8 cm³/mol. The first-order chi connectivity index (χ1) is 10.5. The number of rotatable bonds is 4. The molecule has 0 aliphatic carbocycles. The van der Waals surface area contributed by atoms with Crippen molar-refractivity contribution in [1.29, 1.82) is 0 Å². The summed E-state index contributed by atoms with van der Waals surface area (Å²) >= 11 is 0. The van der Waals surface area contributed by atoms with Crippen molar-refractivity contribution in [3.63, 3.8) is 0 Å². The number of nitrogens with zero attached hydrogens (tertiary/aromatic N) is 4. The first-order valence-corrected chi connectivity index (χ1v) is 7.35. The fraction of sp³-hybridized carbons (Fsp3) is 0.467. The van der Waals surface area contributed by atoms with Crippen molar-refractivity contribution in [3.05, 3.63) is 29.7 Å². The molecule has 1 aliphatic heterocycles. The van der Waals surface area contributed by atoms with Gasteiger partial charge in [0.15, 0.2) is 5.65 Å². The molecule has 0 saturated heterocycles. The zero-order valence-corrected chi connectivity index (χ0v) is 12.9. The molecule has 2 aromatic heterocycles. The fourth-order valence-corrected chi connectivity index (χ4v) is 2.33. The van der Waals surface area contributed by atoms with Gasteiger partial charge >= 0.3 is 0 Å². The van der Waals surface area contributed by atoms with E-state index in [4.69, 9.17) is 4.84 Å². The molecule has 1 N–H and O–H groups in total. The van der Waals surface area contributed by atoms with E-state index in [1.165, 1.54) is 6.20 Å². The molecule has 7 nitrogen and oxygen atoms in total. The average Bonchev–Trinajstić information content (AvgIpc) is 3.11. The largest absolute Gasteiger partial charge is 0.390 e. The third-order valence-electron chi connectivity index (χ3n) is 3.64. The van der Waals surface area contributed by atoms with E-state index in [0.29, 0.717) is 23.7 Å². The van der Waals surface area contributed by atoms with Crippen LogP contribution in [0.15, 0.2) is 23.7 Å². The van der Waals surface area contributed by atoms with E-state index in [2.05, 4.69) is 34.4 Å². The Hall–Kier alpha value is -2.44. The normalized spacial score (nSPS) is 17.6. The van der Waals surface area contributed by atoms with Gasteiger partial charge in [-0.15, -0.1) is 0 Å². The minimum atomic E-state index is -0.201. The van der Waals surface area contributed by atoms with Gasteiger partial charge in [0, 0.05) is 18.8 Å². The maximum atomic E-state index is 12.3. The van der Waals surface area contributed by atoms with Gasteiger partial charge in [0.1, 0.15) is 11.7 Å². The van der Waals surface area contributed by atoms with Crippen molar-refractivity contribution >= 4 is 17.3 Å². The monoisotopic (exact) mass is 301 g/mol. The van der Waals surface area contributed by atoms with Crippen molar-refractivity contribution in [1.82, 2.24) is 19.9 Å². The molecule has 0 fully saturated rings. The molecule has 0 saturated carbocycles. The van der Waals surface area contributed by atoms with Gasteiger partial charge in [-0.3, -0.25) is 4.79 Å². The summed E-state index contributed by atoms with van der Waals surface area (Å²) in [4.78, 5) is 21.9. The van der Waals surface area contributed by atoms with E-state index in [1.807, 2.05) is 13.1 Å². The highest BCUT2D eigenvalue weighted by atomic mass is 16.6. The van der Waals surface area contributed by atoms with Crippen molar-refractivity contribution in [2.45, 2.75) is 33.3 Å². The van der Waals surface area contributed by atoms with Gasteiger partial charge in [-0.2, -0.15) is 5.10 Å². The van der Waals surface area contributed by atoms with Gasteiger partial charge in [0.05, 0.1) is 18.5 Å². The second-order valence-electron chi connectivity index (χ2n) is 5.84. The lowest BCUT2D eigenvalue weighted by molar-refractivity contribution is 0.0754. The molecule has 1 atom stereocenters. The second kappa shape index (κ2) is 5.75. The highest BCUT2D eigenvalue weighted by Crippen LogP contribution is 2.15. The van der Waals surface area contributed by atoms with Crippen molar-refractivity contribution in [2.24, 2.45) is 11.1 Å². The van der Waals surface area contributed by atoms with Crippen LogP contribution in [0.1, 0.15) is 36.2 Å². The minimum Gasteiger partial charge on any atom is -0.390 e. The summed E-state index contributed by atoms with van der Waals surface area (Å²) in [6.07, 6.45) is 5.74. The Morgan fingerprint density at radius 2 is 2.32 bits per heavy atom. The molecule has 22 heavy (non-hydrogen) atoms. The zero-order valence-electron chi connectivity index (χ0n) is 12.9. The fourth-order valence-electron chi connectivity index (χ4n) is 2.33. The number of hydrogen-bond acceptors (Lipinski definition) is 5. The number of hydrogen-bond donors (Lipinski definition) is 1. The third kappa shape index (κ3) is 2.79. The zero-order chi connectivity index (χ0) is 15.7. The molecule has 2 aromatic rings. The molecule has 1 amide bonds. The van der Waals surface area contributed by atoms with E-state index in [1.54, 1.807) is 10.7 Å². The summed E-state index contributed by atoms with van der Waals surface area (Å²) in [7, 11) is 0. The van der Waals surface area contributed by atoms with Crippen LogP contribution in [-0.4, -0.2) is 38.9 Å². The van der Waals surface area contributed by atoms with Crippen LogP contribution in [0.25, 0.3) is 5.65 Å². The van der Waals surface area contributed by atoms with E-state index >= 15 is 0 Å². The summed E-state index contributed by atoms with van der Waals surface area (Å²) in [6, 6.07) is 0. The summed E-state index contributed by atoms with van der Waals surface area (Å²) in [6.45, 7) is 6.50. The molecule has 0 bridgehead atoms. The molecular weight excluding hydrogens is 282 g/mol. The Kier molecular flexibility index (Phi) is 3.79. The lowest BCUT2D eigenvalue weighted by Crippen LogP contribution is -2.32. The van der Waals surface area contributed by atoms with Gasteiger partial charge in [-0.05, 0) is 18.4 Å². The molecule has 0 unspecified atom stereocenters. The number of oxime groups is 1. The number of aryl methyl sites for hydroxylation is 1. The van der Waals surface area contributed by atoms with Crippen molar-refractivity contribution in [3.8, 4) is 0 Å². The summed E-state index contributed by atoms with van der Waals surface area (Å²) in [5.74, 6) is 0.167. The molecule has 0 radical (unpaired) electrons. The molecular formula is C15H19N5O2. The molecule has 3 rings (SSSR count). The Bertz CT molecular complexity index is 735. The second-order valence-corrected chi connectivity index (χ2v) is 5.84. The van der Waals surface area contributed by atoms with Crippen LogP contribution in [0.5, 0.6) is 0 Å². The highest BCUT2D eigenvalue weighted by molar-refractivity contribution is 5.99. The van der Waals surface area contributed by atoms with Gasteiger partial charge in [-0.1, -0.05) is 19.0 Å². The van der Waals surface area contributed by atoms with Crippen LogP contribution in [0.4, 0.5) is 0 Å². The Morgan fingerprint density at radius 3 is 3.05 bits per heavy atom. The van der Waals surface area contributed by atoms with Crippen molar-refractivity contribution < 1.29 is 9.63 Å². The SMILES string of the molecule is Cc1cnc2c(C(=O)NC[C@@H]3CC(C(C)C)=NO3)cnn2c1. The van der Waals surface area contributed by atoms with Crippen LogP contribution in [0.2, 0.25) is 0 Å². The Balaban J connectivity index is 1.63. The third-order valence-corrected chi connectivity index (χ3v) is 3.64. The standard InChI is InChI=1S/C15H19N5O2/c1-9(2)13-4-11(22-19-13)6-17-15(21)12-7-18-20-8-10(3)5-16-14(12)20/h5,7-9,11H,4,6H2,1-3H3,(H,17,21)/t11-/m0/s1. The van der Waals surface area contributed by atoms with E-state index in [0.717, 1.165) is 17.7 Å². The number of fused-ring (bicyclic) bond motifs is 1. The first-order valence-electron chi connectivity index (χ1n) is 7.35. The molecule has 1 aliphatic rings. The van der Waals surface area contributed by atoms with Gasteiger partial charge < -0.3 is 10.2 Å². The maximum absolute atomic E-state index is 12.3. The van der Waals surface area contributed by atoms with E-state index in [-0.39, 0.29) is 12.0 Å². The summed E-state index contributed by atoms with van der Waals surface area (Å²) in [5.41, 5.74) is 3.03. The van der Waals surface area contributed by atoms with Crippen LogP contribution >= 0.6 is 0 Å². The van der Waals surface area contributed by atoms with Crippen LogP contribution < -0.4 is 5.32 Å². The quantitative estimate of drug-likeness (QED) is 0.929. The van der Waals surface area contributed by atoms with Crippen LogP contribution in [0.3, 0.4) is 0 Å². The maximum Gasteiger partial charge on any atom is 0.256 e. The Morgan fingerprint density at radius 1 is 1.50 bits per heavy atom. The van der Waals surface area contributed by atoms with Gasteiger partial charge in [0.25, 0.3) is 5.91 Å². The summed E-state index contributed by atoms with van der Waals surface area (Å²) < 4.78 is 1.61. The van der Waals surface area contributed by atoms with E-state index < -0.39 is 0 Å². The lowest BCUT2D eigenvalue weighted by atomic mass is 10.0. The Labute approximate surface area is 128 Å². The average molecular weight is 301 g/mol. The number of nitrogens with one attached hydrogen (secondary N) is 1. The van der Waals surface area contributed by atoms with Crippen LogP contribution in [0, 0.1) is 12.8 Å². The van der Waals surface area contributed by atoms with Gasteiger partial charge in [0.2, 0.25) is 0 Å².